The van der Waals surface area contributed by atoms with Gasteiger partial charge in [-0.3, -0.25) is 5.32 Å². The highest BCUT2D eigenvalue weighted by Gasteiger charge is 2.44. The van der Waals surface area contributed by atoms with Crippen molar-refractivity contribution in [2.24, 2.45) is 5.41 Å². The summed E-state index contributed by atoms with van der Waals surface area (Å²) in [5.41, 5.74) is -2.36. The summed E-state index contributed by atoms with van der Waals surface area (Å²) in [5, 5.41) is 13.0. The molecule has 12 heteroatoms. The normalized spacial score (nSPS) is 14.2. The van der Waals surface area contributed by atoms with Crippen LogP contribution in [0.25, 0.3) is 0 Å². The number of aliphatic carboxylic acids is 1. The van der Waals surface area contributed by atoms with Gasteiger partial charge in [0.25, 0.3) is 5.72 Å². The van der Waals surface area contributed by atoms with Crippen LogP contribution in [0, 0.1) is 5.41 Å². The van der Waals surface area contributed by atoms with Gasteiger partial charge in [-0.2, -0.15) is 0 Å². The quantitative estimate of drug-likeness (QED) is 0.0966. The number of carbonyl (C=O) groups excluding carboxylic acids is 3. The number of ether oxygens (including phenoxy) is 6. The Balaban J connectivity index is 3.40. The number of benzene rings is 1. The summed E-state index contributed by atoms with van der Waals surface area (Å²) >= 11 is 0. The SMILES string of the molecule is CCCC(C)OC(=O)Oc1ccc(C[C@](NC(C)C)(OC(=O)OCC(C)(C)C)C(=O)O)cc1OC(=O)OC(C)CCC. The smallest absolute Gasteiger partial charge is 0.477 e. The molecule has 0 saturated carbocycles. The van der Waals surface area contributed by atoms with Crippen molar-refractivity contribution in [1.82, 2.24) is 5.32 Å². The third kappa shape index (κ3) is 13.4. The van der Waals surface area contributed by atoms with Gasteiger partial charge in [0.1, 0.15) is 12.2 Å². The zero-order valence-corrected chi connectivity index (χ0v) is 26.2. The van der Waals surface area contributed by atoms with Crippen molar-refractivity contribution in [3.63, 3.8) is 0 Å². The molecular weight excluding hydrogens is 550 g/mol. The molecule has 0 aliphatic rings. The van der Waals surface area contributed by atoms with Gasteiger partial charge in [0.05, 0.1) is 6.61 Å². The number of carboxylic acids is 1. The van der Waals surface area contributed by atoms with Crippen molar-refractivity contribution in [1.29, 1.82) is 0 Å². The fraction of sp³-hybridized carbons (Fsp3) is 0.667. The number of hydrogen-bond acceptors (Lipinski definition) is 11. The van der Waals surface area contributed by atoms with E-state index in [-0.39, 0.29) is 29.1 Å². The van der Waals surface area contributed by atoms with E-state index in [1.54, 1.807) is 27.7 Å². The average Bonchev–Trinajstić information content (AvgIpc) is 2.83. The number of carbonyl (C=O) groups is 4. The third-order valence-corrected chi connectivity index (χ3v) is 5.58. The predicted molar refractivity (Wildman–Crippen MR) is 154 cm³/mol. The van der Waals surface area contributed by atoms with E-state index in [1.807, 2.05) is 34.6 Å². The maximum absolute atomic E-state index is 12.6. The first-order chi connectivity index (χ1) is 19.5. The molecule has 1 rings (SSSR count). The maximum Gasteiger partial charge on any atom is 0.514 e. The minimum atomic E-state index is -2.24. The molecule has 0 spiro atoms. The topological polar surface area (TPSA) is 156 Å². The lowest BCUT2D eigenvalue weighted by Gasteiger charge is -2.32. The van der Waals surface area contributed by atoms with Gasteiger partial charge in [-0.05, 0) is 63.6 Å². The molecule has 12 nitrogen and oxygen atoms in total. The highest BCUT2D eigenvalue weighted by molar-refractivity contribution is 5.80. The lowest BCUT2D eigenvalue weighted by atomic mass is 9.99. The maximum atomic E-state index is 12.6. The van der Waals surface area contributed by atoms with Crippen molar-refractivity contribution >= 4 is 24.4 Å². The van der Waals surface area contributed by atoms with Crippen LogP contribution in [0.3, 0.4) is 0 Å². The highest BCUT2D eigenvalue weighted by atomic mass is 16.8. The summed E-state index contributed by atoms with van der Waals surface area (Å²) in [6, 6.07) is 3.64. The monoisotopic (exact) mass is 597 g/mol. The molecule has 0 heterocycles. The van der Waals surface area contributed by atoms with Crippen molar-refractivity contribution in [3.8, 4) is 11.5 Å². The number of hydrogen-bond donors (Lipinski definition) is 2. The summed E-state index contributed by atoms with van der Waals surface area (Å²) in [5.74, 6) is -1.86. The highest BCUT2D eigenvalue weighted by Crippen LogP contribution is 2.32. The molecule has 0 aliphatic carbocycles. The van der Waals surface area contributed by atoms with Crippen LogP contribution in [-0.2, 0) is 30.2 Å². The summed E-state index contributed by atoms with van der Waals surface area (Å²) < 4.78 is 31.7. The Bertz CT molecular complexity index is 1050. The summed E-state index contributed by atoms with van der Waals surface area (Å²) in [4.78, 5) is 50.0. The Labute approximate surface area is 248 Å². The molecule has 0 aromatic heterocycles. The van der Waals surface area contributed by atoms with E-state index in [4.69, 9.17) is 28.4 Å². The molecule has 1 aromatic rings. The van der Waals surface area contributed by atoms with Crippen molar-refractivity contribution in [3.05, 3.63) is 23.8 Å². The fourth-order valence-electron chi connectivity index (χ4n) is 3.81. The molecule has 0 saturated heterocycles. The predicted octanol–water partition coefficient (Wildman–Crippen LogP) is 6.62. The second-order valence-corrected chi connectivity index (χ2v) is 11.7. The molecule has 42 heavy (non-hydrogen) atoms. The first-order valence-electron chi connectivity index (χ1n) is 14.3. The second-order valence-electron chi connectivity index (χ2n) is 11.7. The summed E-state index contributed by atoms with van der Waals surface area (Å²) in [6.07, 6.45) is -1.67. The van der Waals surface area contributed by atoms with Gasteiger partial charge in [-0.15, -0.1) is 0 Å². The van der Waals surface area contributed by atoms with Crippen LogP contribution in [0.5, 0.6) is 11.5 Å². The lowest BCUT2D eigenvalue weighted by Crippen LogP contribution is -2.59. The number of nitrogens with one attached hydrogen (secondary N) is 1. The molecule has 0 aliphatic heterocycles. The van der Waals surface area contributed by atoms with Crippen LogP contribution < -0.4 is 14.8 Å². The van der Waals surface area contributed by atoms with Crippen LogP contribution >= 0.6 is 0 Å². The summed E-state index contributed by atoms with van der Waals surface area (Å²) in [6.45, 7) is 16.2. The van der Waals surface area contributed by atoms with E-state index >= 15 is 0 Å². The van der Waals surface area contributed by atoms with Crippen LogP contribution in [-0.4, -0.2) is 60.1 Å². The van der Waals surface area contributed by atoms with E-state index in [0.29, 0.717) is 12.8 Å². The zero-order valence-electron chi connectivity index (χ0n) is 26.2. The van der Waals surface area contributed by atoms with Gasteiger partial charge < -0.3 is 33.5 Å². The van der Waals surface area contributed by atoms with Gasteiger partial charge in [0.15, 0.2) is 11.5 Å². The Morgan fingerprint density at radius 2 is 1.36 bits per heavy atom. The van der Waals surface area contributed by atoms with Gasteiger partial charge in [-0.1, -0.05) is 53.5 Å². The minimum Gasteiger partial charge on any atom is -0.477 e. The Hall–Kier alpha value is -3.54. The Kier molecular flexibility index (Phi) is 14.6. The Morgan fingerprint density at radius 1 is 0.833 bits per heavy atom. The Morgan fingerprint density at radius 3 is 1.81 bits per heavy atom. The molecule has 2 N–H and O–H groups in total. The van der Waals surface area contributed by atoms with Crippen molar-refractivity contribution in [2.45, 2.75) is 118 Å². The van der Waals surface area contributed by atoms with Gasteiger partial charge >= 0.3 is 24.4 Å². The van der Waals surface area contributed by atoms with Crippen LogP contribution in [0.4, 0.5) is 14.4 Å². The number of rotatable bonds is 15. The van der Waals surface area contributed by atoms with Crippen molar-refractivity contribution < 1.29 is 52.7 Å². The fourth-order valence-corrected chi connectivity index (χ4v) is 3.81. The molecule has 0 amide bonds. The molecule has 2 unspecified atom stereocenters. The van der Waals surface area contributed by atoms with Gasteiger partial charge in [-0.25, -0.2) is 19.2 Å². The second kappa shape index (κ2) is 16.8. The minimum absolute atomic E-state index is 0.00122. The molecule has 3 atom stereocenters. The lowest BCUT2D eigenvalue weighted by molar-refractivity contribution is -0.167. The molecule has 0 fully saturated rings. The first kappa shape index (κ1) is 36.5. The van der Waals surface area contributed by atoms with Crippen LogP contribution in [0.2, 0.25) is 0 Å². The number of carboxylic acid groups (broad SMARTS) is 1. The zero-order chi connectivity index (χ0) is 32.1. The average molecular weight is 598 g/mol. The van der Waals surface area contributed by atoms with E-state index in [0.717, 1.165) is 12.8 Å². The van der Waals surface area contributed by atoms with E-state index in [1.165, 1.54) is 18.2 Å². The van der Waals surface area contributed by atoms with E-state index < -0.39 is 54.8 Å². The first-order valence-corrected chi connectivity index (χ1v) is 14.3. The molecule has 0 radical (unpaired) electrons. The molecule has 238 valence electrons. The molecule has 0 bridgehead atoms. The van der Waals surface area contributed by atoms with Crippen LogP contribution in [0.1, 0.15) is 93.6 Å². The molecule has 1 aromatic carbocycles. The van der Waals surface area contributed by atoms with E-state index in [9.17, 15) is 24.3 Å². The summed E-state index contributed by atoms with van der Waals surface area (Å²) in [7, 11) is 0. The molecular formula is C30H47NO11. The standard InChI is InChI=1S/C30H47NO11/c1-10-12-20(5)38-27(35)40-23-15-14-22(16-24(23)41-28(36)39-21(6)13-11-2)17-30(25(32)33,31-19(3)4)42-26(34)37-18-29(7,8)9/h14-16,19-21,31H,10-13,17-18H2,1-9H3,(H,32,33)/t20?,21?,30-/m0/s1. The van der Waals surface area contributed by atoms with Gasteiger partial charge in [0.2, 0.25) is 0 Å². The van der Waals surface area contributed by atoms with Crippen LogP contribution in [0.15, 0.2) is 18.2 Å². The largest absolute Gasteiger partial charge is 0.514 e. The van der Waals surface area contributed by atoms with Crippen molar-refractivity contribution in [2.75, 3.05) is 6.61 Å². The third-order valence-electron chi connectivity index (χ3n) is 5.58. The van der Waals surface area contributed by atoms with E-state index in [2.05, 4.69) is 5.32 Å². The van der Waals surface area contributed by atoms with Gasteiger partial charge in [0, 0.05) is 12.5 Å².